The Morgan fingerprint density at radius 1 is 0.424 bits per heavy atom. The number of carbonyl (C=O) groups is 6. The Kier molecular flexibility index (Phi) is 28.0. The molecule has 7 aliphatic rings. The van der Waals surface area contributed by atoms with Gasteiger partial charge in [0.25, 0.3) is 11.8 Å². The number of aromatic amines is 3. The zero-order valence-corrected chi connectivity index (χ0v) is 77.0. The summed E-state index contributed by atoms with van der Waals surface area (Å²) in [4.78, 5) is 113. The van der Waals surface area contributed by atoms with Crippen molar-refractivity contribution in [2.75, 3.05) is 137 Å². The zero-order chi connectivity index (χ0) is 96.5. The summed E-state index contributed by atoms with van der Waals surface area (Å²) in [5.74, 6) is -0.345. The molecule has 6 aromatic heterocycles. The molecule has 20 rings (SSSR count). The number of fused-ring (bicyclic) bond motifs is 3. The van der Waals surface area contributed by atoms with Gasteiger partial charge in [-0.05, 0) is 199 Å². The van der Waals surface area contributed by atoms with Gasteiger partial charge in [0.05, 0.1) is 49.0 Å². The number of aromatic nitrogens is 11. The highest BCUT2D eigenvalue weighted by Gasteiger charge is 2.49. The van der Waals surface area contributed by atoms with Crippen LogP contribution < -0.4 is 15.4 Å². The number of halogens is 5. The van der Waals surface area contributed by atoms with Crippen molar-refractivity contribution in [2.45, 2.75) is 74.3 Å². The molecule has 12 heterocycles. The van der Waals surface area contributed by atoms with Crippen LogP contribution in [-0.4, -0.2) is 264 Å². The van der Waals surface area contributed by atoms with Crippen LogP contribution in [0.2, 0.25) is 0 Å². The Morgan fingerprint density at radius 2 is 0.849 bits per heavy atom. The van der Waals surface area contributed by atoms with Gasteiger partial charge in [-0.15, -0.1) is 0 Å². The minimum atomic E-state index is -4.58. The van der Waals surface area contributed by atoms with Crippen LogP contribution in [0.5, 0.6) is 5.75 Å². The highest BCUT2D eigenvalue weighted by molar-refractivity contribution is 6.04. The van der Waals surface area contributed by atoms with Gasteiger partial charge < -0.3 is 44.3 Å². The largest absolute Gasteiger partial charge is 0.497 e. The molecule has 0 spiro atoms. The minimum absolute atomic E-state index is 0.00403. The molecular weight excluding hydrogens is 1780 g/mol. The zero-order valence-electron chi connectivity index (χ0n) is 77.0. The number of alkyl halides is 3. The molecule has 3 saturated heterocycles. The number of pyridine rings is 1. The van der Waals surface area contributed by atoms with Crippen molar-refractivity contribution in [1.29, 1.82) is 0 Å². The number of hydrogen-bond donors (Lipinski definition) is 5. The summed E-state index contributed by atoms with van der Waals surface area (Å²) in [6.45, 7) is 6.82. The average molecular weight is 1890 g/mol. The third kappa shape index (κ3) is 21.0. The highest BCUT2D eigenvalue weighted by atomic mass is 19.4. The summed E-state index contributed by atoms with van der Waals surface area (Å²) in [5.41, 5.74) is 12.1. The van der Waals surface area contributed by atoms with Crippen LogP contribution in [0.3, 0.4) is 0 Å². The third-order valence-electron chi connectivity index (χ3n) is 27.0. The first-order valence-corrected chi connectivity index (χ1v) is 46.0. The predicted octanol–water partition coefficient (Wildman–Crippen LogP) is 15.2. The first kappa shape index (κ1) is 94.5. The van der Waals surface area contributed by atoms with Crippen LogP contribution in [-0.2, 0) is 55.6 Å². The minimum Gasteiger partial charge on any atom is -0.497 e. The summed E-state index contributed by atoms with van der Waals surface area (Å²) in [5, 5.41) is 30.0. The number of methoxy groups -OCH3 is 4. The number of Topliss-reactive ketones (excluding diaryl/α,β-unsaturated/α-hetero) is 1. The molecule has 29 nitrogen and oxygen atoms in total. The van der Waals surface area contributed by atoms with E-state index < -0.39 is 40.3 Å². The van der Waals surface area contributed by atoms with E-state index in [-0.39, 0.29) is 73.5 Å². The number of ether oxygens (including phenoxy) is 4. The van der Waals surface area contributed by atoms with Crippen molar-refractivity contribution < 1.29 is 69.7 Å². The molecule has 1 aliphatic carbocycles. The molecule has 34 heteroatoms. The molecule has 0 bridgehead atoms. The topological polar surface area (TPSA) is 333 Å². The van der Waals surface area contributed by atoms with Gasteiger partial charge in [0.1, 0.15) is 28.4 Å². The lowest BCUT2D eigenvalue weighted by atomic mass is 9.91. The number of nitrogens with one attached hydrogen (secondary N) is 5. The highest BCUT2D eigenvalue weighted by Crippen LogP contribution is 2.40. The van der Waals surface area contributed by atoms with Crippen molar-refractivity contribution in [2.24, 2.45) is 0 Å². The molecule has 5 amide bonds. The SMILES string of the molecule is CO[C@@]1(C(=O)Cc2ccc3[nH]nc(-c4ccnc(C(F)(F)F)c4)c3c2)CCN(CC(=O)N2CC=C(C3=CCC=C3)CC2)C1.CO[C@@]1(C(=O)Nc2ccc3[nH]nc(-c4ccc(F)c(F)c4)c3c2)CCN(CC(=O)N2CC=C(c3ccc(-c4ncccn4)cc3)CC2)C1.COc1ccc(-c2n[nH]c3ccc(NC(=O)[C@]4(OC)CCN(CC(=O)N5CC=C(c6ccc(-c7ncccn7)cc6)CC5)C4)cc23)cc1. The van der Waals surface area contributed by atoms with Crippen LogP contribution >= 0.6 is 0 Å². The number of anilines is 2. The summed E-state index contributed by atoms with van der Waals surface area (Å²) < 4.78 is 89.8. The fourth-order valence-corrected chi connectivity index (χ4v) is 19.0. The Labute approximate surface area is 797 Å². The van der Waals surface area contributed by atoms with E-state index in [1.54, 1.807) is 87.5 Å². The van der Waals surface area contributed by atoms with E-state index in [1.807, 2.05) is 96.1 Å². The Balaban J connectivity index is 0.000000138. The van der Waals surface area contributed by atoms with E-state index in [0.717, 1.165) is 100 Å². The molecule has 0 radical (unpaired) electrons. The maximum absolute atomic E-state index is 13.9. The van der Waals surface area contributed by atoms with Gasteiger partial charge in [0, 0.05) is 193 Å². The molecule has 0 saturated carbocycles. The molecule has 712 valence electrons. The molecule has 13 aromatic rings. The number of amides is 5. The van der Waals surface area contributed by atoms with Crippen molar-refractivity contribution >= 4 is 90.5 Å². The average Bonchev–Trinajstić information content (AvgIpc) is 1.59. The Hall–Kier alpha value is -14.8. The van der Waals surface area contributed by atoms with E-state index in [9.17, 15) is 50.7 Å². The molecule has 3 fully saturated rings. The molecule has 3 atom stereocenters. The van der Waals surface area contributed by atoms with Crippen molar-refractivity contribution in [3.63, 3.8) is 0 Å². The van der Waals surface area contributed by atoms with Crippen LogP contribution in [0.4, 0.5) is 33.3 Å². The van der Waals surface area contributed by atoms with Crippen LogP contribution in [0.1, 0.15) is 67.3 Å². The number of benzene rings is 7. The smallest absolute Gasteiger partial charge is 0.433 e. The number of carbonyl (C=O) groups excluding carboxylic acids is 6. The van der Waals surface area contributed by atoms with E-state index in [1.165, 1.54) is 48.6 Å². The second-order valence-corrected chi connectivity index (χ2v) is 35.4. The van der Waals surface area contributed by atoms with Crippen molar-refractivity contribution in [3.05, 3.63) is 282 Å². The Bertz CT molecular complexity index is 6930. The van der Waals surface area contributed by atoms with Crippen LogP contribution in [0.25, 0.3) is 100 Å². The van der Waals surface area contributed by atoms with Gasteiger partial charge in [0.15, 0.2) is 40.3 Å². The fraction of sp³-hybridized carbons (Fsp3) is 0.295. The van der Waals surface area contributed by atoms with Crippen molar-refractivity contribution in [1.82, 2.24) is 84.9 Å². The van der Waals surface area contributed by atoms with Gasteiger partial charge in [-0.25, -0.2) is 28.7 Å². The monoisotopic (exact) mass is 1880 g/mol. The summed E-state index contributed by atoms with van der Waals surface area (Å²) >= 11 is 0. The molecule has 5 N–H and O–H groups in total. The molecule has 6 aliphatic heterocycles. The van der Waals surface area contributed by atoms with Crippen LogP contribution in [0.15, 0.2) is 248 Å². The number of likely N-dealkylation sites (tertiary alicyclic amines) is 3. The number of nitrogens with zero attached hydrogens (tertiary/aromatic N) is 14. The lowest BCUT2D eigenvalue weighted by Crippen LogP contribution is -2.48. The van der Waals surface area contributed by atoms with E-state index in [2.05, 4.69) is 127 Å². The van der Waals surface area contributed by atoms with Gasteiger partial charge in [-0.2, -0.15) is 28.5 Å². The molecule has 0 unspecified atom stereocenters. The lowest BCUT2D eigenvalue weighted by Gasteiger charge is -2.30. The van der Waals surface area contributed by atoms with Crippen LogP contribution in [0, 0.1) is 11.6 Å². The molecule has 139 heavy (non-hydrogen) atoms. The standard InChI is InChI=1S/C37H37N7O4.C36H33F2N7O3.C32H32F3N5O3/c1-47-30-11-8-27(9-12-30)34-31-22-29(10-13-32(31)41-42-34)40-36(46)37(48-2)16-21-43(24-37)23-33(45)44-19-14-26(15-20-44)25-4-6-28(7-5-25)35-38-17-3-18-39-35;1-48-36(35(47)41-27-8-10-31-28(20-27)33(43-42-31)26-7-9-29(37)30(38)19-26)13-18-44(22-36)21-32(46)45-16-11-24(12-17-45)23-3-5-25(6-4-23)34-39-14-2-15-40-34;1-43-31(11-15-39(20-31)19-29(42)40-13-9-23(10-14-40)22-4-2-3-5-22)28(41)17-21-6-7-26-25(16-21)30(38-37-26)24-8-12-36-27(18-24)32(33,34)35/h3-14,17-18,22H,15-16,19-21,23-24H2,1-2H3,(H,40,46)(H,41,42);2-11,14-15,19-20H,12-13,16-18,21-22H2,1H3,(H,41,47)(H,42,43);2,4-9,12,16,18H,3,10-11,13-15,17,19-20H2,1H3,(H,37,38)/t37-;36-;31-/m000/s1. The van der Waals surface area contributed by atoms with E-state index >= 15 is 0 Å². The molecular formula is C105H102F5N19O10. The van der Waals surface area contributed by atoms with Gasteiger partial charge in [-0.3, -0.25) is 63.7 Å². The second-order valence-electron chi connectivity index (χ2n) is 35.4. The molecule has 7 aromatic carbocycles. The maximum atomic E-state index is 13.9. The summed E-state index contributed by atoms with van der Waals surface area (Å²) in [6, 6.07) is 49.9. The lowest BCUT2D eigenvalue weighted by molar-refractivity contribution is -0.141. The van der Waals surface area contributed by atoms with Gasteiger partial charge in [0.2, 0.25) is 17.7 Å². The second kappa shape index (κ2) is 41.2. The number of H-pyrrole nitrogens is 3. The van der Waals surface area contributed by atoms with Crippen molar-refractivity contribution in [3.8, 4) is 62.3 Å². The van der Waals surface area contributed by atoms with Gasteiger partial charge in [-0.1, -0.05) is 91.1 Å². The first-order valence-electron chi connectivity index (χ1n) is 46.0. The normalized spacial score (nSPS) is 19.0. The first-order chi connectivity index (χ1) is 67.4. The quantitative estimate of drug-likeness (QED) is 0.0332. The van der Waals surface area contributed by atoms with E-state index in [4.69, 9.17) is 18.9 Å². The Morgan fingerprint density at radius 3 is 1.29 bits per heavy atom. The number of hydrogen-bond acceptors (Lipinski definition) is 21. The number of allylic oxidation sites excluding steroid dienone is 4. The summed E-state index contributed by atoms with van der Waals surface area (Å²) in [7, 11) is 6.21. The predicted molar refractivity (Wildman–Crippen MR) is 517 cm³/mol. The maximum Gasteiger partial charge on any atom is 0.433 e. The summed E-state index contributed by atoms with van der Waals surface area (Å²) in [6.07, 6.45) is 21.0. The number of rotatable bonds is 25. The number of ketones is 1. The fourth-order valence-electron chi connectivity index (χ4n) is 19.0. The van der Waals surface area contributed by atoms with E-state index in [0.29, 0.717) is 159 Å². The third-order valence-corrected chi connectivity index (χ3v) is 27.0. The van der Waals surface area contributed by atoms with Gasteiger partial charge >= 0.3 is 6.18 Å².